The molecule has 2 amide bonds. The van der Waals surface area contributed by atoms with Crippen LogP contribution in [-0.2, 0) is 0 Å². The van der Waals surface area contributed by atoms with E-state index in [1.807, 2.05) is 44.4 Å². The van der Waals surface area contributed by atoms with E-state index in [2.05, 4.69) is 10.4 Å². The number of benzene rings is 2. The molecule has 2 N–H and O–H groups in total. The molecule has 6 nitrogen and oxygen atoms in total. The molecule has 0 aromatic heterocycles. The summed E-state index contributed by atoms with van der Waals surface area (Å²) in [5.74, 6) is 0. The average Bonchev–Trinajstić information content (AvgIpc) is 2.95. The molecule has 1 heterocycles. The Morgan fingerprint density at radius 2 is 1.93 bits per heavy atom. The molecule has 0 bridgehead atoms. The van der Waals surface area contributed by atoms with Gasteiger partial charge in [-0.25, -0.2) is 9.80 Å². The summed E-state index contributed by atoms with van der Waals surface area (Å²) in [4.78, 5) is 13.8. The number of carbonyl (C=O) groups is 1. The van der Waals surface area contributed by atoms with Gasteiger partial charge in [0.15, 0.2) is 10.5 Å². The van der Waals surface area contributed by atoms with E-state index in [1.165, 1.54) is 16.8 Å². The molecule has 10 heteroatoms. The van der Waals surface area contributed by atoms with Crippen LogP contribution < -0.4 is 5.32 Å². The Labute approximate surface area is 194 Å². The average molecular weight is 481 g/mol. The first kappa shape index (κ1) is 22.9. The van der Waals surface area contributed by atoms with Crippen molar-refractivity contribution in [1.82, 2.24) is 10.1 Å². The van der Waals surface area contributed by atoms with E-state index in [0.29, 0.717) is 20.1 Å². The van der Waals surface area contributed by atoms with Gasteiger partial charge in [-0.15, -0.1) is 11.8 Å². The smallest absolute Gasteiger partial charge is 0.306 e. The van der Waals surface area contributed by atoms with E-state index in [0.717, 1.165) is 10.5 Å². The van der Waals surface area contributed by atoms with E-state index >= 15 is 0 Å². The molecule has 1 fully saturated rings. The van der Waals surface area contributed by atoms with E-state index in [-0.39, 0.29) is 0 Å². The van der Waals surface area contributed by atoms with Gasteiger partial charge in [0, 0.05) is 15.6 Å². The van der Waals surface area contributed by atoms with Crippen LogP contribution in [-0.4, -0.2) is 49.0 Å². The number of carbonyl (C=O) groups excluding carboxylic acids is 1. The molecular formula is C20H21ClN4O2S3. The molecule has 1 aliphatic rings. The molecule has 3 rings (SSSR count). The van der Waals surface area contributed by atoms with Crippen molar-refractivity contribution in [3.8, 4) is 0 Å². The minimum absolute atomic E-state index is 0.473. The number of amides is 2. The van der Waals surface area contributed by atoms with Gasteiger partial charge in [0.1, 0.15) is 0 Å². The van der Waals surface area contributed by atoms with Crippen LogP contribution in [0.4, 0.5) is 10.5 Å². The molecule has 158 valence electrons. The molecule has 1 unspecified atom stereocenters. The van der Waals surface area contributed by atoms with E-state index in [4.69, 9.17) is 23.8 Å². The second kappa shape index (κ2) is 9.57. The zero-order valence-corrected chi connectivity index (χ0v) is 19.8. The fourth-order valence-corrected chi connectivity index (χ4v) is 5.19. The van der Waals surface area contributed by atoms with Crippen LogP contribution in [0.3, 0.4) is 0 Å². The number of nitrogens with one attached hydrogen (secondary N) is 1. The Bertz CT molecular complexity index is 952. The van der Waals surface area contributed by atoms with Crippen LogP contribution in [0.25, 0.3) is 0 Å². The maximum absolute atomic E-state index is 12.7. The lowest BCUT2D eigenvalue weighted by Gasteiger charge is -2.34. The molecule has 0 aliphatic carbocycles. The maximum atomic E-state index is 12.7. The fraction of sp³-hybridized carbons (Fsp3) is 0.250. The van der Waals surface area contributed by atoms with Crippen molar-refractivity contribution >= 4 is 69.6 Å². The fourth-order valence-electron chi connectivity index (χ4n) is 2.87. The third kappa shape index (κ3) is 5.28. The van der Waals surface area contributed by atoms with Crippen LogP contribution in [0.2, 0.25) is 5.02 Å². The van der Waals surface area contributed by atoms with Gasteiger partial charge in [-0.1, -0.05) is 47.7 Å². The standard InChI is InChI=1S/C20H21ClN4O2S3/c1-20(2)17(25(27)18(26)23-15-8-6-14(21)7-9-15)24(19(28)30-20)22-12-13-4-10-16(29-3)11-5-13/h4-12,17,27H,1-3H3,(H,23,26)/b22-12+. The van der Waals surface area contributed by atoms with Crippen LogP contribution in [0, 0.1) is 0 Å². The Kier molecular flexibility index (Phi) is 7.30. The van der Waals surface area contributed by atoms with E-state index in [1.54, 1.807) is 42.2 Å². The summed E-state index contributed by atoms with van der Waals surface area (Å²) in [5.41, 5.74) is 1.40. The number of urea groups is 1. The predicted octanol–water partition coefficient (Wildman–Crippen LogP) is 5.76. The number of nitrogens with zero attached hydrogens (tertiary/aromatic N) is 3. The maximum Gasteiger partial charge on any atom is 0.347 e. The van der Waals surface area contributed by atoms with Gasteiger partial charge in [-0.05, 0) is 62.1 Å². The SMILES string of the molecule is CSc1ccc(/C=N/N2C(=S)SC(C)(C)C2N(O)C(=O)Nc2ccc(Cl)cc2)cc1. The summed E-state index contributed by atoms with van der Waals surface area (Å²) in [7, 11) is 0. The van der Waals surface area contributed by atoms with Gasteiger partial charge in [0.2, 0.25) is 0 Å². The number of halogens is 1. The number of thiocarbonyl (C=S) groups is 1. The molecule has 0 radical (unpaired) electrons. The van der Waals surface area contributed by atoms with E-state index in [9.17, 15) is 10.0 Å². The second-order valence-electron chi connectivity index (χ2n) is 6.99. The highest BCUT2D eigenvalue weighted by atomic mass is 35.5. The first-order valence-electron chi connectivity index (χ1n) is 8.96. The van der Waals surface area contributed by atoms with Crippen molar-refractivity contribution in [3.05, 3.63) is 59.1 Å². The van der Waals surface area contributed by atoms with Gasteiger partial charge in [-0.3, -0.25) is 5.21 Å². The molecule has 0 saturated carbocycles. The molecule has 1 saturated heterocycles. The number of anilines is 1. The lowest BCUT2D eigenvalue weighted by atomic mass is 10.1. The third-order valence-electron chi connectivity index (χ3n) is 4.37. The summed E-state index contributed by atoms with van der Waals surface area (Å²) < 4.78 is -0.108. The topological polar surface area (TPSA) is 68.2 Å². The summed E-state index contributed by atoms with van der Waals surface area (Å²) in [6, 6.07) is 13.8. The molecule has 2 aromatic carbocycles. The number of hydroxylamine groups is 2. The number of rotatable bonds is 5. The number of thioether (sulfide) groups is 2. The summed E-state index contributed by atoms with van der Waals surface area (Å²) in [5, 5.41) is 20.5. The Hall–Kier alpha value is -1.78. The highest BCUT2D eigenvalue weighted by molar-refractivity contribution is 8.24. The van der Waals surface area contributed by atoms with Crippen LogP contribution in [0.15, 0.2) is 58.5 Å². The summed E-state index contributed by atoms with van der Waals surface area (Å²) in [6.07, 6.45) is 2.89. The van der Waals surface area contributed by atoms with Gasteiger partial charge in [0.25, 0.3) is 0 Å². The van der Waals surface area contributed by atoms with Crippen LogP contribution in [0.1, 0.15) is 19.4 Å². The highest BCUT2D eigenvalue weighted by Crippen LogP contribution is 2.42. The van der Waals surface area contributed by atoms with Crippen LogP contribution in [0.5, 0.6) is 0 Å². The Morgan fingerprint density at radius 3 is 2.53 bits per heavy atom. The van der Waals surface area contributed by atoms with Gasteiger partial charge >= 0.3 is 6.03 Å². The van der Waals surface area contributed by atoms with Crippen molar-refractivity contribution in [2.24, 2.45) is 5.10 Å². The van der Waals surface area contributed by atoms with Gasteiger partial charge in [-0.2, -0.15) is 10.2 Å². The van der Waals surface area contributed by atoms with Gasteiger partial charge < -0.3 is 5.32 Å². The first-order valence-corrected chi connectivity index (χ1v) is 11.8. The molecule has 1 atom stereocenters. The van der Waals surface area contributed by atoms with Crippen molar-refractivity contribution in [1.29, 1.82) is 0 Å². The van der Waals surface area contributed by atoms with Crippen molar-refractivity contribution in [2.75, 3.05) is 11.6 Å². The minimum atomic E-state index is -0.788. The van der Waals surface area contributed by atoms with E-state index < -0.39 is 16.9 Å². The van der Waals surface area contributed by atoms with Crippen molar-refractivity contribution in [3.63, 3.8) is 0 Å². The highest BCUT2D eigenvalue weighted by Gasteiger charge is 2.50. The lowest BCUT2D eigenvalue weighted by Crippen LogP contribution is -2.54. The molecule has 2 aromatic rings. The Balaban J connectivity index is 1.79. The monoisotopic (exact) mass is 480 g/mol. The van der Waals surface area contributed by atoms with Crippen LogP contribution >= 0.6 is 47.3 Å². The number of hydrazone groups is 1. The zero-order chi connectivity index (χ0) is 21.9. The van der Waals surface area contributed by atoms with Gasteiger partial charge in [0.05, 0.1) is 11.0 Å². The summed E-state index contributed by atoms with van der Waals surface area (Å²) >= 11 is 14.4. The molecule has 0 spiro atoms. The Morgan fingerprint density at radius 1 is 1.30 bits per heavy atom. The quantitative estimate of drug-likeness (QED) is 0.186. The molecular weight excluding hydrogens is 460 g/mol. The predicted molar refractivity (Wildman–Crippen MR) is 130 cm³/mol. The van der Waals surface area contributed by atoms with Crippen molar-refractivity contribution < 1.29 is 10.0 Å². The first-order chi connectivity index (χ1) is 14.2. The second-order valence-corrected chi connectivity index (χ2v) is 10.6. The lowest BCUT2D eigenvalue weighted by molar-refractivity contribution is -0.114. The molecule has 30 heavy (non-hydrogen) atoms. The summed E-state index contributed by atoms with van der Waals surface area (Å²) in [6.45, 7) is 3.80. The minimum Gasteiger partial charge on any atom is -0.306 e. The number of hydrogen-bond donors (Lipinski definition) is 2. The normalized spacial score (nSPS) is 18.1. The third-order valence-corrected chi connectivity index (χ3v) is 6.90. The number of hydrogen-bond acceptors (Lipinski definition) is 6. The molecule has 1 aliphatic heterocycles. The zero-order valence-electron chi connectivity index (χ0n) is 16.6. The van der Waals surface area contributed by atoms with Crippen molar-refractivity contribution in [2.45, 2.75) is 29.7 Å². The largest absolute Gasteiger partial charge is 0.347 e.